The minimum atomic E-state index is -1.08. The summed E-state index contributed by atoms with van der Waals surface area (Å²) in [6, 6.07) is 0. The van der Waals surface area contributed by atoms with E-state index in [0.29, 0.717) is 0 Å². The number of hydrogen-bond acceptors (Lipinski definition) is 2. The van der Waals surface area contributed by atoms with Crippen LogP contribution in [0.25, 0.3) is 0 Å². The van der Waals surface area contributed by atoms with Crippen molar-refractivity contribution in [2.24, 2.45) is 5.92 Å². The molecule has 1 aliphatic carbocycles. The van der Waals surface area contributed by atoms with Gasteiger partial charge in [0.2, 0.25) is 0 Å². The second-order valence-corrected chi connectivity index (χ2v) is 4.46. The molecular formula is C13H18O4. The van der Waals surface area contributed by atoms with Gasteiger partial charge in [-0.05, 0) is 31.8 Å². The van der Waals surface area contributed by atoms with Gasteiger partial charge in [0.25, 0.3) is 0 Å². The maximum absolute atomic E-state index is 11.0. The van der Waals surface area contributed by atoms with Crippen molar-refractivity contribution in [3.05, 3.63) is 23.3 Å². The monoisotopic (exact) mass is 238 g/mol. The lowest BCUT2D eigenvalue weighted by molar-refractivity contribution is -0.132. The van der Waals surface area contributed by atoms with Crippen LogP contribution in [0.5, 0.6) is 0 Å². The zero-order valence-electron chi connectivity index (χ0n) is 9.98. The van der Waals surface area contributed by atoms with Crippen LogP contribution in [0.1, 0.15) is 39.0 Å². The fourth-order valence-electron chi connectivity index (χ4n) is 2.03. The van der Waals surface area contributed by atoms with E-state index in [1.807, 2.05) is 0 Å². The van der Waals surface area contributed by atoms with E-state index in [-0.39, 0.29) is 17.1 Å². The van der Waals surface area contributed by atoms with Gasteiger partial charge in [0.05, 0.1) is 5.57 Å². The average Bonchev–Trinajstić information content (AvgIpc) is 2.29. The smallest absolute Gasteiger partial charge is 0.335 e. The van der Waals surface area contributed by atoms with E-state index < -0.39 is 11.9 Å². The van der Waals surface area contributed by atoms with Gasteiger partial charge in [-0.2, -0.15) is 0 Å². The minimum Gasteiger partial charge on any atom is -0.478 e. The number of hydrogen-bond donors (Lipinski definition) is 2. The van der Waals surface area contributed by atoms with Crippen LogP contribution in [0.4, 0.5) is 0 Å². The van der Waals surface area contributed by atoms with E-state index in [0.717, 1.165) is 25.7 Å². The number of rotatable bonds is 4. The molecule has 0 saturated heterocycles. The van der Waals surface area contributed by atoms with Crippen LogP contribution < -0.4 is 0 Å². The Hall–Kier alpha value is -1.58. The first-order valence-corrected chi connectivity index (χ1v) is 5.87. The van der Waals surface area contributed by atoms with Gasteiger partial charge in [-0.15, -0.1) is 0 Å². The summed E-state index contributed by atoms with van der Waals surface area (Å²) < 4.78 is 0. The molecule has 4 nitrogen and oxygen atoms in total. The highest BCUT2D eigenvalue weighted by Crippen LogP contribution is 2.26. The van der Waals surface area contributed by atoms with Gasteiger partial charge in [0.15, 0.2) is 0 Å². The van der Waals surface area contributed by atoms with Crippen molar-refractivity contribution >= 4 is 11.9 Å². The second-order valence-electron chi connectivity index (χ2n) is 4.46. The zero-order chi connectivity index (χ0) is 12.8. The first-order valence-electron chi connectivity index (χ1n) is 5.87. The highest BCUT2D eigenvalue weighted by molar-refractivity contribution is 5.94. The predicted octanol–water partition coefficient (Wildman–Crippen LogP) is 2.61. The van der Waals surface area contributed by atoms with Crippen LogP contribution in [-0.2, 0) is 9.59 Å². The van der Waals surface area contributed by atoms with E-state index in [4.69, 9.17) is 10.2 Å². The zero-order valence-corrected chi connectivity index (χ0v) is 9.98. The predicted molar refractivity (Wildman–Crippen MR) is 63.7 cm³/mol. The van der Waals surface area contributed by atoms with Crippen molar-refractivity contribution in [3.8, 4) is 0 Å². The average molecular weight is 238 g/mol. The molecule has 1 saturated carbocycles. The van der Waals surface area contributed by atoms with Gasteiger partial charge in [-0.3, -0.25) is 0 Å². The Morgan fingerprint density at radius 3 is 2.12 bits per heavy atom. The van der Waals surface area contributed by atoms with Crippen LogP contribution in [0.3, 0.4) is 0 Å². The van der Waals surface area contributed by atoms with Gasteiger partial charge in [-0.25, -0.2) is 9.59 Å². The standard InChI is InChI=1S/C13H18O4/c1-9(12(14)15)7-11(13(16)17)8-10-5-3-2-4-6-10/h7-8,10H,2-6H2,1H3,(H,14,15)(H,16,17). The Morgan fingerprint density at radius 1 is 1.06 bits per heavy atom. The summed E-state index contributed by atoms with van der Waals surface area (Å²) in [4.78, 5) is 21.7. The van der Waals surface area contributed by atoms with Gasteiger partial charge < -0.3 is 10.2 Å². The molecule has 4 heteroatoms. The fraction of sp³-hybridized carbons (Fsp3) is 0.538. The summed E-state index contributed by atoms with van der Waals surface area (Å²) in [5, 5.41) is 17.8. The SMILES string of the molecule is CC(=CC(=CC1CCCCC1)C(=O)O)C(=O)O. The summed E-state index contributed by atoms with van der Waals surface area (Å²) in [6.45, 7) is 1.40. The molecule has 0 unspecified atom stereocenters. The number of aliphatic carboxylic acids is 2. The molecule has 1 rings (SSSR count). The van der Waals surface area contributed by atoms with Crippen LogP contribution in [0.15, 0.2) is 23.3 Å². The van der Waals surface area contributed by atoms with Crippen LogP contribution in [0, 0.1) is 5.92 Å². The Bertz CT molecular complexity index is 360. The van der Waals surface area contributed by atoms with E-state index in [9.17, 15) is 9.59 Å². The molecule has 0 aliphatic heterocycles. The summed E-state index contributed by atoms with van der Waals surface area (Å²) in [5.41, 5.74) is 0.145. The number of carbonyl (C=O) groups is 2. The van der Waals surface area contributed by atoms with E-state index >= 15 is 0 Å². The molecule has 0 atom stereocenters. The van der Waals surface area contributed by atoms with Crippen molar-refractivity contribution in [2.75, 3.05) is 0 Å². The second kappa shape index (κ2) is 6.23. The van der Waals surface area contributed by atoms with Crippen molar-refractivity contribution < 1.29 is 19.8 Å². The molecular weight excluding hydrogens is 220 g/mol. The third-order valence-electron chi connectivity index (χ3n) is 3.02. The Morgan fingerprint density at radius 2 is 1.65 bits per heavy atom. The Labute approximate surface area is 101 Å². The lowest BCUT2D eigenvalue weighted by Gasteiger charge is -2.18. The van der Waals surface area contributed by atoms with Gasteiger partial charge >= 0.3 is 11.9 Å². The van der Waals surface area contributed by atoms with Crippen molar-refractivity contribution in [3.63, 3.8) is 0 Å². The fourth-order valence-corrected chi connectivity index (χ4v) is 2.03. The number of carboxylic acids is 2. The summed E-state index contributed by atoms with van der Waals surface area (Å²) in [5.74, 6) is -1.87. The van der Waals surface area contributed by atoms with Crippen LogP contribution in [-0.4, -0.2) is 22.2 Å². The highest BCUT2D eigenvalue weighted by atomic mass is 16.4. The van der Waals surface area contributed by atoms with Crippen molar-refractivity contribution in [2.45, 2.75) is 39.0 Å². The maximum atomic E-state index is 11.0. The van der Waals surface area contributed by atoms with E-state index in [2.05, 4.69) is 0 Å². The third kappa shape index (κ3) is 4.43. The lowest BCUT2D eigenvalue weighted by Crippen LogP contribution is -2.08. The Balaban J connectivity index is 2.84. The molecule has 0 radical (unpaired) electrons. The van der Waals surface area contributed by atoms with Crippen LogP contribution in [0.2, 0.25) is 0 Å². The summed E-state index contributed by atoms with van der Waals surface area (Å²) in [7, 11) is 0. The first-order chi connectivity index (χ1) is 8.00. The molecule has 0 amide bonds. The lowest BCUT2D eigenvalue weighted by atomic mass is 9.87. The molecule has 0 aromatic heterocycles. The quantitative estimate of drug-likeness (QED) is 0.583. The third-order valence-corrected chi connectivity index (χ3v) is 3.02. The molecule has 0 heterocycles. The number of allylic oxidation sites excluding steroid dienone is 1. The molecule has 0 aromatic rings. The minimum absolute atomic E-state index is 0.0504. The maximum Gasteiger partial charge on any atom is 0.335 e. The molecule has 0 bridgehead atoms. The molecule has 17 heavy (non-hydrogen) atoms. The normalized spacial score (nSPS) is 19.1. The largest absolute Gasteiger partial charge is 0.478 e. The van der Waals surface area contributed by atoms with Gasteiger partial charge in [0.1, 0.15) is 0 Å². The van der Waals surface area contributed by atoms with E-state index in [1.165, 1.54) is 19.4 Å². The molecule has 1 fully saturated rings. The topological polar surface area (TPSA) is 74.6 Å². The highest BCUT2D eigenvalue weighted by Gasteiger charge is 2.15. The van der Waals surface area contributed by atoms with Crippen LogP contribution >= 0.6 is 0 Å². The molecule has 0 aromatic carbocycles. The molecule has 94 valence electrons. The van der Waals surface area contributed by atoms with Crippen molar-refractivity contribution in [1.82, 2.24) is 0 Å². The summed E-state index contributed by atoms with van der Waals surface area (Å²) in [6.07, 6.45) is 8.38. The molecule has 1 aliphatic rings. The summed E-state index contributed by atoms with van der Waals surface area (Å²) >= 11 is 0. The molecule has 2 N–H and O–H groups in total. The van der Waals surface area contributed by atoms with Gasteiger partial charge in [-0.1, -0.05) is 25.3 Å². The first kappa shape index (κ1) is 13.5. The van der Waals surface area contributed by atoms with Gasteiger partial charge in [0, 0.05) is 5.57 Å². The van der Waals surface area contributed by atoms with E-state index in [1.54, 1.807) is 6.08 Å². The molecule has 0 spiro atoms. The van der Waals surface area contributed by atoms with Crippen molar-refractivity contribution in [1.29, 1.82) is 0 Å². The number of carboxylic acid groups (broad SMARTS) is 2. The Kier molecular flexibility index (Phi) is 4.94.